The first-order chi connectivity index (χ1) is 19.9. The van der Waals surface area contributed by atoms with E-state index >= 15 is 4.39 Å². The van der Waals surface area contributed by atoms with E-state index in [0.717, 1.165) is 24.0 Å². The summed E-state index contributed by atoms with van der Waals surface area (Å²) >= 11 is 0. The summed E-state index contributed by atoms with van der Waals surface area (Å²) < 4.78 is 21.8. The van der Waals surface area contributed by atoms with Crippen LogP contribution in [0.1, 0.15) is 26.3 Å². The fourth-order valence-electron chi connectivity index (χ4n) is 5.52. The Hall–Kier alpha value is -4.69. The van der Waals surface area contributed by atoms with Gasteiger partial charge in [0.2, 0.25) is 0 Å². The maximum atomic E-state index is 15.9. The number of hydrogen-bond donors (Lipinski definition) is 2. The number of H-pyrrole nitrogens is 1. The summed E-state index contributed by atoms with van der Waals surface area (Å²) in [5, 5.41) is 1.43. The molecule has 0 bridgehead atoms. The molecule has 0 aliphatic carbocycles. The number of benzene rings is 4. The van der Waals surface area contributed by atoms with E-state index in [1.54, 1.807) is 42.5 Å². The molecule has 8 heteroatoms. The molecule has 0 spiro atoms. The van der Waals surface area contributed by atoms with Crippen LogP contribution in [0.25, 0.3) is 32.9 Å². The lowest BCUT2D eigenvalue weighted by Gasteiger charge is -2.32. The van der Waals surface area contributed by atoms with E-state index in [2.05, 4.69) is 9.88 Å². The first-order valence-electron chi connectivity index (χ1n) is 13.7. The molecule has 3 N–H and O–H groups in total. The summed E-state index contributed by atoms with van der Waals surface area (Å²) in [4.78, 5) is 32.9. The molecule has 2 heterocycles. The molecule has 0 saturated carbocycles. The van der Waals surface area contributed by atoms with Crippen LogP contribution < -0.4 is 10.5 Å². The smallest absolute Gasteiger partial charge is 0.254 e. The molecular formula is C33H31FN4O3. The average molecular weight is 551 g/mol. The van der Waals surface area contributed by atoms with Crippen molar-refractivity contribution < 1.29 is 18.7 Å². The molecule has 0 atom stereocenters. The molecule has 1 aliphatic heterocycles. The topological polar surface area (TPSA) is 91.7 Å². The van der Waals surface area contributed by atoms with E-state index in [0.29, 0.717) is 64.8 Å². The lowest BCUT2D eigenvalue weighted by Crippen LogP contribution is -2.47. The van der Waals surface area contributed by atoms with E-state index in [1.165, 1.54) is 0 Å². The Labute approximate surface area is 237 Å². The van der Waals surface area contributed by atoms with E-state index in [9.17, 15) is 9.59 Å². The van der Waals surface area contributed by atoms with Gasteiger partial charge < -0.3 is 25.3 Å². The van der Waals surface area contributed by atoms with Gasteiger partial charge in [0.25, 0.3) is 11.8 Å². The van der Waals surface area contributed by atoms with Gasteiger partial charge in [0.05, 0.1) is 17.7 Å². The first kappa shape index (κ1) is 26.5. The Kier molecular flexibility index (Phi) is 7.15. The van der Waals surface area contributed by atoms with Crippen molar-refractivity contribution in [2.75, 3.05) is 39.8 Å². The van der Waals surface area contributed by atoms with Crippen LogP contribution in [-0.4, -0.2) is 66.4 Å². The summed E-state index contributed by atoms with van der Waals surface area (Å²) in [6.45, 7) is 3.31. The van der Waals surface area contributed by atoms with Crippen LogP contribution in [0.5, 0.6) is 5.75 Å². The van der Waals surface area contributed by atoms with Crippen molar-refractivity contribution in [3.05, 3.63) is 101 Å². The highest BCUT2D eigenvalue weighted by Gasteiger charge is 2.23. The summed E-state index contributed by atoms with van der Waals surface area (Å²) in [5.41, 5.74) is 9.79. The fourth-order valence-corrected chi connectivity index (χ4v) is 5.52. The third kappa shape index (κ3) is 5.14. The number of nitrogens with zero attached hydrogens (tertiary/aromatic N) is 2. The Morgan fingerprint density at radius 1 is 0.927 bits per heavy atom. The van der Waals surface area contributed by atoms with E-state index < -0.39 is 11.7 Å². The molecule has 6 rings (SSSR count). The van der Waals surface area contributed by atoms with Gasteiger partial charge in [-0.2, -0.15) is 0 Å². The molecule has 2 amide bonds. The van der Waals surface area contributed by atoms with Crippen molar-refractivity contribution in [3.63, 3.8) is 0 Å². The number of aromatic nitrogens is 1. The van der Waals surface area contributed by atoms with Crippen LogP contribution in [-0.2, 0) is 6.42 Å². The van der Waals surface area contributed by atoms with Gasteiger partial charge >= 0.3 is 0 Å². The quantitative estimate of drug-likeness (QED) is 0.290. The Bertz CT molecular complexity index is 1760. The highest BCUT2D eigenvalue weighted by Crippen LogP contribution is 2.39. The summed E-state index contributed by atoms with van der Waals surface area (Å²) in [5.74, 6) is -0.962. The lowest BCUT2D eigenvalue weighted by atomic mass is 9.96. The number of fused-ring (bicyclic) bond motifs is 3. The second-order valence-corrected chi connectivity index (χ2v) is 10.5. The standard InChI is InChI=1S/C33H31FN4O3/c1-37-15-17-38(18-16-37)33(40)22-10-11-25-27(20-22)36-31-26(32(35)39)13-12-23(29(25)31)24-8-5-9-28(30(24)34)41-19-14-21-6-3-2-4-7-21/h2-13,20,36H,14-19H2,1H3,(H2,35,39). The molecule has 5 aromatic rings. The summed E-state index contributed by atoms with van der Waals surface area (Å²) in [7, 11) is 2.04. The number of halogens is 1. The van der Waals surface area contributed by atoms with Crippen molar-refractivity contribution in [1.82, 2.24) is 14.8 Å². The number of ether oxygens (including phenoxy) is 1. The number of carbonyl (C=O) groups is 2. The molecule has 7 nitrogen and oxygen atoms in total. The van der Waals surface area contributed by atoms with E-state index in [4.69, 9.17) is 10.5 Å². The highest BCUT2D eigenvalue weighted by molar-refractivity contribution is 6.20. The number of piperazine rings is 1. The summed E-state index contributed by atoms with van der Waals surface area (Å²) in [6, 6.07) is 23.7. The molecule has 1 aliphatic rings. The predicted octanol–water partition coefficient (Wildman–Crippen LogP) is 5.24. The lowest BCUT2D eigenvalue weighted by molar-refractivity contribution is 0.0664. The number of hydrogen-bond acceptors (Lipinski definition) is 4. The van der Waals surface area contributed by atoms with Crippen LogP contribution >= 0.6 is 0 Å². The molecule has 1 aromatic heterocycles. The Balaban J connectivity index is 1.38. The van der Waals surface area contributed by atoms with Gasteiger partial charge in [0.15, 0.2) is 11.6 Å². The minimum absolute atomic E-state index is 0.0413. The number of nitrogens with one attached hydrogen (secondary N) is 1. The number of primary amides is 1. The number of carbonyl (C=O) groups excluding carboxylic acids is 2. The van der Waals surface area contributed by atoms with E-state index in [-0.39, 0.29) is 11.7 Å². The molecule has 208 valence electrons. The second-order valence-electron chi connectivity index (χ2n) is 10.5. The zero-order chi connectivity index (χ0) is 28.5. The minimum atomic E-state index is -0.597. The normalized spacial score (nSPS) is 14.0. The van der Waals surface area contributed by atoms with Crippen LogP contribution in [0.4, 0.5) is 4.39 Å². The van der Waals surface area contributed by atoms with E-state index in [1.807, 2.05) is 48.3 Å². The van der Waals surface area contributed by atoms with Gasteiger partial charge in [0, 0.05) is 60.0 Å². The van der Waals surface area contributed by atoms with Crippen LogP contribution in [0, 0.1) is 5.82 Å². The third-order valence-electron chi connectivity index (χ3n) is 7.80. The van der Waals surface area contributed by atoms with Crippen molar-refractivity contribution in [1.29, 1.82) is 0 Å². The Morgan fingerprint density at radius 2 is 1.71 bits per heavy atom. The number of likely N-dealkylation sites (N-methyl/N-ethyl adjacent to an activating group) is 1. The van der Waals surface area contributed by atoms with Crippen LogP contribution in [0.3, 0.4) is 0 Å². The van der Waals surface area contributed by atoms with Crippen molar-refractivity contribution >= 4 is 33.6 Å². The number of aromatic amines is 1. The zero-order valence-electron chi connectivity index (χ0n) is 22.8. The van der Waals surface area contributed by atoms with Gasteiger partial charge in [-0.1, -0.05) is 54.6 Å². The molecule has 1 fully saturated rings. The molecule has 1 saturated heterocycles. The molecule has 0 radical (unpaired) electrons. The maximum Gasteiger partial charge on any atom is 0.254 e. The predicted molar refractivity (Wildman–Crippen MR) is 159 cm³/mol. The number of rotatable bonds is 7. The van der Waals surface area contributed by atoms with Gasteiger partial charge in [-0.15, -0.1) is 0 Å². The minimum Gasteiger partial charge on any atom is -0.490 e. The molecule has 41 heavy (non-hydrogen) atoms. The first-order valence-corrected chi connectivity index (χ1v) is 13.7. The van der Waals surface area contributed by atoms with Crippen molar-refractivity contribution in [2.24, 2.45) is 5.73 Å². The Morgan fingerprint density at radius 3 is 2.46 bits per heavy atom. The SMILES string of the molecule is CN1CCN(C(=O)c2ccc3c(c2)[nH]c2c(C(N)=O)ccc(-c4cccc(OCCc5ccccc5)c4F)c23)CC1. The fraction of sp³-hybridized carbons (Fsp3) is 0.212. The third-order valence-corrected chi connectivity index (χ3v) is 7.80. The zero-order valence-corrected chi connectivity index (χ0v) is 22.8. The second kappa shape index (κ2) is 11.1. The van der Waals surface area contributed by atoms with Crippen molar-refractivity contribution in [2.45, 2.75) is 6.42 Å². The van der Waals surface area contributed by atoms with Crippen LogP contribution in [0.2, 0.25) is 0 Å². The molecule has 0 unspecified atom stereocenters. The largest absolute Gasteiger partial charge is 0.490 e. The highest BCUT2D eigenvalue weighted by atomic mass is 19.1. The monoisotopic (exact) mass is 550 g/mol. The molecular weight excluding hydrogens is 519 g/mol. The van der Waals surface area contributed by atoms with Gasteiger partial charge in [-0.05, 0) is 42.4 Å². The average Bonchev–Trinajstić information content (AvgIpc) is 3.37. The van der Waals surface area contributed by atoms with Gasteiger partial charge in [0.1, 0.15) is 0 Å². The van der Waals surface area contributed by atoms with Gasteiger partial charge in [-0.3, -0.25) is 9.59 Å². The number of amides is 2. The van der Waals surface area contributed by atoms with Gasteiger partial charge in [-0.25, -0.2) is 4.39 Å². The summed E-state index contributed by atoms with van der Waals surface area (Å²) in [6.07, 6.45) is 0.652. The van der Waals surface area contributed by atoms with Crippen LogP contribution in [0.15, 0.2) is 78.9 Å². The maximum absolute atomic E-state index is 15.9. The molecule has 4 aromatic carbocycles. The van der Waals surface area contributed by atoms with Crippen molar-refractivity contribution in [3.8, 4) is 16.9 Å². The number of nitrogens with two attached hydrogens (primary N) is 1.